The van der Waals surface area contributed by atoms with Crippen molar-refractivity contribution in [3.8, 4) is 5.75 Å². The molecule has 0 bridgehead atoms. The van der Waals surface area contributed by atoms with E-state index >= 15 is 0 Å². The molecular formula is C23H29NO4. The van der Waals surface area contributed by atoms with Gasteiger partial charge in [-0.3, -0.25) is 4.79 Å². The predicted octanol–water partition coefficient (Wildman–Crippen LogP) is 3.28. The van der Waals surface area contributed by atoms with E-state index in [-0.39, 0.29) is 18.6 Å². The van der Waals surface area contributed by atoms with Crippen molar-refractivity contribution >= 4 is 5.97 Å². The molecule has 0 aliphatic carbocycles. The summed E-state index contributed by atoms with van der Waals surface area (Å²) in [5, 5.41) is 0. The molecule has 0 spiro atoms. The van der Waals surface area contributed by atoms with Crippen LogP contribution >= 0.6 is 0 Å². The molecule has 0 saturated carbocycles. The van der Waals surface area contributed by atoms with E-state index in [2.05, 4.69) is 12.1 Å². The zero-order valence-corrected chi connectivity index (χ0v) is 16.5. The van der Waals surface area contributed by atoms with Crippen molar-refractivity contribution in [2.75, 3.05) is 13.2 Å². The van der Waals surface area contributed by atoms with Crippen molar-refractivity contribution in [2.24, 2.45) is 11.7 Å². The Kier molecular flexibility index (Phi) is 7.06. The van der Waals surface area contributed by atoms with Crippen LogP contribution in [0, 0.1) is 12.8 Å². The summed E-state index contributed by atoms with van der Waals surface area (Å²) in [4.78, 5) is 12.2. The highest BCUT2D eigenvalue weighted by molar-refractivity contribution is 5.75. The summed E-state index contributed by atoms with van der Waals surface area (Å²) in [5.41, 5.74) is 8.29. The monoisotopic (exact) mass is 383 g/mol. The maximum atomic E-state index is 12.2. The predicted molar refractivity (Wildman–Crippen MR) is 108 cm³/mol. The number of benzene rings is 2. The number of carbonyl (C=O) groups excluding carboxylic acids is 1. The highest BCUT2D eigenvalue weighted by Crippen LogP contribution is 2.25. The maximum Gasteiger partial charge on any atom is 0.325 e. The van der Waals surface area contributed by atoms with Crippen molar-refractivity contribution in [1.29, 1.82) is 0 Å². The molecule has 2 N–H and O–H groups in total. The number of nitrogens with two attached hydrogens (primary N) is 1. The largest absolute Gasteiger partial charge is 0.486 e. The highest BCUT2D eigenvalue weighted by atomic mass is 16.6. The minimum Gasteiger partial charge on any atom is -0.486 e. The summed E-state index contributed by atoms with van der Waals surface area (Å²) in [6.07, 6.45) is 1.01. The molecule has 2 aromatic carbocycles. The third kappa shape index (κ3) is 5.57. The van der Waals surface area contributed by atoms with Crippen molar-refractivity contribution in [3.05, 3.63) is 65.7 Å². The molecule has 3 rings (SSSR count). The Morgan fingerprint density at radius 2 is 1.79 bits per heavy atom. The summed E-state index contributed by atoms with van der Waals surface area (Å²) < 4.78 is 17.7. The fourth-order valence-corrected chi connectivity index (χ4v) is 3.44. The van der Waals surface area contributed by atoms with Crippen LogP contribution in [0.1, 0.15) is 24.5 Å². The molecule has 0 amide bonds. The summed E-state index contributed by atoms with van der Waals surface area (Å²) >= 11 is 0. The lowest BCUT2D eigenvalue weighted by molar-refractivity contribution is -0.155. The summed E-state index contributed by atoms with van der Waals surface area (Å²) in [6, 6.07) is 17.5. The van der Waals surface area contributed by atoms with Crippen LogP contribution in [0.5, 0.6) is 5.75 Å². The first-order valence-electron chi connectivity index (χ1n) is 9.84. The number of ether oxygens (including phenoxy) is 3. The highest BCUT2D eigenvalue weighted by Gasteiger charge is 2.34. The Balaban J connectivity index is 1.79. The van der Waals surface area contributed by atoms with Crippen molar-refractivity contribution in [3.63, 3.8) is 0 Å². The van der Waals surface area contributed by atoms with E-state index in [1.54, 1.807) is 0 Å². The van der Waals surface area contributed by atoms with Crippen molar-refractivity contribution < 1.29 is 19.0 Å². The Morgan fingerprint density at radius 1 is 1.07 bits per heavy atom. The van der Waals surface area contributed by atoms with Gasteiger partial charge >= 0.3 is 5.97 Å². The van der Waals surface area contributed by atoms with E-state index in [1.165, 1.54) is 5.56 Å². The first-order chi connectivity index (χ1) is 13.5. The van der Waals surface area contributed by atoms with Gasteiger partial charge in [0, 0.05) is 5.92 Å². The molecule has 0 aromatic heterocycles. The Hall–Kier alpha value is -2.37. The van der Waals surface area contributed by atoms with Gasteiger partial charge in [-0.1, -0.05) is 48.0 Å². The second kappa shape index (κ2) is 9.71. The van der Waals surface area contributed by atoms with E-state index < -0.39 is 18.1 Å². The summed E-state index contributed by atoms with van der Waals surface area (Å²) in [7, 11) is 0. The molecule has 1 fully saturated rings. The van der Waals surface area contributed by atoms with Gasteiger partial charge in [-0.15, -0.1) is 0 Å². The number of hydrogen-bond acceptors (Lipinski definition) is 5. The molecule has 1 aliphatic rings. The minimum atomic E-state index is -0.768. The summed E-state index contributed by atoms with van der Waals surface area (Å²) in [6.45, 7) is 4.53. The zero-order chi connectivity index (χ0) is 19.9. The lowest BCUT2D eigenvalue weighted by Gasteiger charge is -2.31. The van der Waals surface area contributed by atoms with Crippen molar-refractivity contribution in [2.45, 2.75) is 44.9 Å². The molecule has 2 aromatic rings. The van der Waals surface area contributed by atoms with Crippen LogP contribution in [0.4, 0.5) is 0 Å². The van der Waals surface area contributed by atoms with E-state index in [9.17, 15) is 4.79 Å². The van der Waals surface area contributed by atoms with Gasteiger partial charge in [0.1, 0.15) is 24.0 Å². The van der Waals surface area contributed by atoms with Gasteiger partial charge in [-0.2, -0.15) is 0 Å². The molecule has 1 saturated heterocycles. The van der Waals surface area contributed by atoms with Crippen molar-refractivity contribution in [1.82, 2.24) is 0 Å². The lowest BCUT2D eigenvalue weighted by atomic mass is 9.92. The van der Waals surface area contributed by atoms with Gasteiger partial charge in [0.2, 0.25) is 0 Å². The van der Waals surface area contributed by atoms with E-state index in [1.807, 2.05) is 56.3 Å². The van der Waals surface area contributed by atoms with Crippen LogP contribution in [0.3, 0.4) is 0 Å². The maximum absolute atomic E-state index is 12.2. The Morgan fingerprint density at radius 3 is 2.50 bits per heavy atom. The second-order valence-corrected chi connectivity index (χ2v) is 7.47. The molecule has 1 heterocycles. The molecule has 5 nitrogen and oxygen atoms in total. The smallest absolute Gasteiger partial charge is 0.325 e. The third-order valence-corrected chi connectivity index (χ3v) is 5.10. The Labute approximate surface area is 166 Å². The van der Waals surface area contributed by atoms with Crippen LogP contribution in [0.2, 0.25) is 0 Å². The average molecular weight is 383 g/mol. The number of carbonyl (C=O) groups is 1. The van der Waals surface area contributed by atoms with Crippen LogP contribution < -0.4 is 10.5 Å². The molecule has 4 atom stereocenters. The SMILES string of the molecule is Cc1ccc(O[C@@H]2[C@@H](CCc3ccccc3)COC[C@H](N)C(=O)O[C@H]2C)cc1. The molecule has 0 radical (unpaired) electrons. The first-order valence-corrected chi connectivity index (χ1v) is 9.84. The first kappa shape index (κ1) is 20.4. The Bertz CT molecular complexity index is 747. The van der Waals surface area contributed by atoms with Crippen LogP contribution in [-0.4, -0.2) is 37.4 Å². The normalized spacial score (nSPS) is 25.9. The summed E-state index contributed by atoms with van der Waals surface area (Å²) in [5.74, 6) is 0.370. The van der Waals surface area contributed by atoms with Gasteiger partial charge in [0.25, 0.3) is 0 Å². The van der Waals surface area contributed by atoms with Crippen LogP contribution in [-0.2, 0) is 20.7 Å². The fourth-order valence-electron chi connectivity index (χ4n) is 3.44. The molecule has 5 heteroatoms. The van der Waals surface area contributed by atoms with Gasteiger partial charge in [0.05, 0.1) is 13.2 Å². The minimum absolute atomic E-state index is 0.0645. The van der Waals surface area contributed by atoms with Crippen LogP contribution in [0.15, 0.2) is 54.6 Å². The van der Waals surface area contributed by atoms with Gasteiger partial charge in [-0.25, -0.2) is 0 Å². The standard InChI is InChI=1S/C23H29NO4/c1-16-8-12-20(13-9-16)28-22-17(2)27-23(25)21(24)15-26-14-19(22)11-10-18-6-4-3-5-7-18/h3-9,12-13,17,19,21-22H,10-11,14-15,24H2,1-2H3/t17-,19-,21-,22-/m0/s1. The quantitative estimate of drug-likeness (QED) is 0.803. The number of esters is 1. The van der Waals surface area contributed by atoms with E-state index in [0.29, 0.717) is 6.61 Å². The van der Waals surface area contributed by atoms with E-state index in [4.69, 9.17) is 19.9 Å². The number of aryl methyl sites for hydroxylation is 2. The fraction of sp³-hybridized carbons (Fsp3) is 0.435. The number of rotatable bonds is 5. The number of cyclic esters (lactones) is 1. The second-order valence-electron chi connectivity index (χ2n) is 7.47. The van der Waals surface area contributed by atoms with Crippen LogP contribution in [0.25, 0.3) is 0 Å². The molecular weight excluding hydrogens is 354 g/mol. The molecule has 1 aliphatic heterocycles. The van der Waals surface area contributed by atoms with Gasteiger partial charge in [0.15, 0.2) is 0 Å². The molecule has 0 unspecified atom stereocenters. The molecule has 28 heavy (non-hydrogen) atoms. The van der Waals surface area contributed by atoms with Gasteiger partial charge in [-0.05, 0) is 44.4 Å². The average Bonchev–Trinajstić information content (AvgIpc) is 2.74. The zero-order valence-electron chi connectivity index (χ0n) is 16.5. The number of hydrogen-bond donors (Lipinski definition) is 1. The van der Waals surface area contributed by atoms with E-state index in [0.717, 1.165) is 24.2 Å². The lowest BCUT2D eigenvalue weighted by Crippen LogP contribution is -2.43. The molecule has 150 valence electrons. The van der Waals surface area contributed by atoms with Gasteiger partial charge < -0.3 is 19.9 Å². The topological polar surface area (TPSA) is 70.8 Å². The third-order valence-electron chi connectivity index (χ3n) is 5.10.